The number of benzene rings is 1. The second-order valence-corrected chi connectivity index (χ2v) is 5.15. The maximum absolute atomic E-state index is 11.7. The molecule has 0 radical (unpaired) electrons. The fraction of sp³-hybridized carbons (Fsp3) is 0.500. The Morgan fingerprint density at radius 2 is 1.82 bits per heavy atom. The van der Waals surface area contributed by atoms with Crippen LogP contribution in [0.5, 0.6) is 0 Å². The summed E-state index contributed by atoms with van der Waals surface area (Å²) in [6.07, 6.45) is 0. The molecule has 1 aromatic carbocycles. The summed E-state index contributed by atoms with van der Waals surface area (Å²) in [7, 11) is 0. The highest BCUT2D eigenvalue weighted by atomic mass is 16.3. The molecule has 0 aliphatic carbocycles. The number of nitrogens with one attached hydrogen (secondary N) is 1. The molecule has 0 unspecified atom stereocenters. The van der Waals surface area contributed by atoms with Crippen LogP contribution in [-0.2, 0) is 5.41 Å². The first-order valence-electron chi connectivity index (χ1n) is 5.90. The molecule has 0 aromatic heterocycles. The third-order valence-corrected chi connectivity index (χ3v) is 2.65. The van der Waals surface area contributed by atoms with Crippen LogP contribution in [0.3, 0.4) is 0 Å². The predicted molar refractivity (Wildman–Crippen MR) is 69.4 cm³/mol. The number of Topliss-reactive ketones (excluding diaryl/α,β-unsaturated/α-hetero) is 1. The van der Waals surface area contributed by atoms with Crippen molar-refractivity contribution in [1.29, 1.82) is 0 Å². The van der Waals surface area contributed by atoms with Crippen LogP contribution in [0.25, 0.3) is 0 Å². The number of rotatable bonds is 5. The van der Waals surface area contributed by atoms with Gasteiger partial charge in [-0.15, -0.1) is 0 Å². The van der Waals surface area contributed by atoms with E-state index in [1.54, 1.807) is 0 Å². The lowest BCUT2D eigenvalue weighted by Gasteiger charge is -2.19. The molecule has 0 saturated heterocycles. The van der Waals surface area contributed by atoms with Gasteiger partial charge in [-0.3, -0.25) is 4.79 Å². The monoisotopic (exact) mass is 235 g/mol. The van der Waals surface area contributed by atoms with Crippen LogP contribution in [0.1, 0.15) is 36.7 Å². The molecule has 0 aliphatic heterocycles. The number of ketones is 1. The van der Waals surface area contributed by atoms with E-state index in [9.17, 15) is 4.79 Å². The molecular formula is C14H21NO2. The lowest BCUT2D eigenvalue weighted by molar-refractivity contribution is 0.0989. The van der Waals surface area contributed by atoms with Gasteiger partial charge in [0.25, 0.3) is 0 Å². The topological polar surface area (TPSA) is 49.3 Å². The minimum atomic E-state index is 0.0518. The number of hydrogen-bond acceptors (Lipinski definition) is 3. The van der Waals surface area contributed by atoms with Gasteiger partial charge in [-0.25, -0.2) is 0 Å². The van der Waals surface area contributed by atoms with Crippen molar-refractivity contribution in [2.75, 3.05) is 19.7 Å². The second-order valence-electron chi connectivity index (χ2n) is 5.15. The largest absolute Gasteiger partial charge is 0.395 e. The first-order chi connectivity index (χ1) is 7.95. The number of aliphatic hydroxyl groups excluding tert-OH is 1. The Hall–Kier alpha value is -1.19. The Balaban J connectivity index is 2.64. The van der Waals surface area contributed by atoms with Gasteiger partial charge in [0.15, 0.2) is 5.78 Å². The van der Waals surface area contributed by atoms with E-state index < -0.39 is 0 Å². The fourth-order valence-electron chi connectivity index (χ4n) is 1.54. The lowest BCUT2D eigenvalue weighted by atomic mass is 9.86. The molecule has 2 N–H and O–H groups in total. The third-order valence-electron chi connectivity index (χ3n) is 2.65. The Kier molecular flexibility index (Phi) is 4.85. The maximum Gasteiger partial charge on any atom is 0.176 e. The highest BCUT2D eigenvalue weighted by Crippen LogP contribution is 2.22. The van der Waals surface area contributed by atoms with E-state index in [2.05, 4.69) is 26.1 Å². The molecule has 0 saturated carbocycles. The summed E-state index contributed by atoms with van der Waals surface area (Å²) < 4.78 is 0. The van der Waals surface area contributed by atoms with Gasteiger partial charge < -0.3 is 10.4 Å². The van der Waals surface area contributed by atoms with Crippen molar-refractivity contribution in [3.05, 3.63) is 35.4 Å². The van der Waals surface area contributed by atoms with E-state index in [0.717, 1.165) is 0 Å². The van der Waals surface area contributed by atoms with Crippen LogP contribution in [0.15, 0.2) is 24.3 Å². The average molecular weight is 235 g/mol. The van der Waals surface area contributed by atoms with Crippen molar-refractivity contribution < 1.29 is 9.90 Å². The summed E-state index contributed by atoms with van der Waals surface area (Å²) in [4.78, 5) is 11.7. The molecule has 0 aliphatic rings. The molecule has 1 rings (SSSR count). The van der Waals surface area contributed by atoms with E-state index in [-0.39, 0.29) is 24.3 Å². The lowest BCUT2D eigenvalue weighted by Crippen LogP contribution is -2.25. The fourth-order valence-corrected chi connectivity index (χ4v) is 1.54. The van der Waals surface area contributed by atoms with E-state index >= 15 is 0 Å². The zero-order valence-electron chi connectivity index (χ0n) is 10.8. The van der Waals surface area contributed by atoms with Crippen molar-refractivity contribution in [3.8, 4) is 0 Å². The molecule has 17 heavy (non-hydrogen) atoms. The molecule has 94 valence electrons. The molecule has 0 amide bonds. The smallest absolute Gasteiger partial charge is 0.176 e. The summed E-state index contributed by atoms with van der Waals surface area (Å²) >= 11 is 0. The third kappa shape index (κ3) is 4.29. The number of hydrogen-bond donors (Lipinski definition) is 2. The average Bonchev–Trinajstić information content (AvgIpc) is 2.28. The molecule has 1 aromatic rings. The van der Waals surface area contributed by atoms with Gasteiger partial charge in [0.05, 0.1) is 13.2 Å². The highest BCUT2D eigenvalue weighted by Gasteiger charge is 2.13. The quantitative estimate of drug-likeness (QED) is 0.604. The number of aliphatic hydroxyl groups is 1. The van der Waals surface area contributed by atoms with E-state index in [1.807, 2.05) is 24.3 Å². The first-order valence-corrected chi connectivity index (χ1v) is 5.90. The van der Waals surface area contributed by atoms with E-state index in [1.165, 1.54) is 5.56 Å². The Morgan fingerprint density at radius 3 is 2.29 bits per heavy atom. The van der Waals surface area contributed by atoms with Crippen molar-refractivity contribution in [2.24, 2.45) is 0 Å². The minimum absolute atomic E-state index is 0.0518. The van der Waals surface area contributed by atoms with Gasteiger partial charge in [0.1, 0.15) is 0 Å². The van der Waals surface area contributed by atoms with Crippen molar-refractivity contribution >= 4 is 5.78 Å². The molecule has 0 heterocycles. The van der Waals surface area contributed by atoms with Crippen LogP contribution < -0.4 is 5.32 Å². The van der Waals surface area contributed by atoms with Gasteiger partial charge in [-0.05, 0) is 11.0 Å². The second kappa shape index (κ2) is 5.94. The normalized spacial score (nSPS) is 11.5. The van der Waals surface area contributed by atoms with Crippen LogP contribution in [0.2, 0.25) is 0 Å². The molecule has 3 heteroatoms. The highest BCUT2D eigenvalue weighted by molar-refractivity contribution is 5.97. The summed E-state index contributed by atoms with van der Waals surface area (Å²) in [6.45, 7) is 7.21. The minimum Gasteiger partial charge on any atom is -0.395 e. The van der Waals surface area contributed by atoms with Gasteiger partial charge >= 0.3 is 0 Å². The van der Waals surface area contributed by atoms with Crippen LogP contribution >= 0.6 is 0 Å². The van der Waals surface area contributed by atoms with Crippen LogP contribution in [0, 0.1) is 0 Å². The molecule has 0 fully saturated rings. The van der Waals surface area contributed by atoms with Crippen molar-refractivity contribution in [1.82, 2.24) is 5.32 Å². The number of carbonyl (C=O) groups excluding carboxylic acids is 1. The summed E-state index contributed by atoms with van der Waals surface area (Å²) in [5.74, 6) is 0.0545. The molecule has 0 bridgehead atoms. The summed E-state index contributed by atoms with van der Waals surface area (Å²) in [6, 6.07) is 7.73. The van der Waals surface area contributed by atoms with E-state index in [4.69, 9.17) is 5.11 Å². The Morgan fingerprint density at radius 1 is 1.24 bits per heavy atom. The molecule has 0 spiro atoms. The van der Waals surface area contributed by atoms with Crippen molar-refractivity contribution in [2.45, 2.75) is 26.2 Å². The molecular weight excluding hydrogens is 214 g/mol. The van der Waals surface area contributed by atoms with Gasteiger partial charge in [0.2, 0.25) is 0 Å². The van der Waals surface area contributed by atoms with Gasteiger partial charge in [-0.2, -0.15) is 0 Å². The Labute approximate surface area is 103 Å². The van der Waals surface area contributed by atoms with Gasteiger partial charge in [-0.1, -0.05) is 45.0 Å². The SMILES string of the molecule is CC(C)(C)c1ccc(C(=O)CNCCO)cc1. The van der Waals surface area contributed by atoms with Crippen LogP contribution in [0.4, 0.5) is 0 Å². The predicted octanol–water partition coefficient (Wildman–Crippen LogP) is 1.75. The summed E-state index contributed by atoms with van der Waals surface area (Å²) in [5, 5.41) is 11.5. The standard InChI is InChI=1S/C14H21NO2/c1-14(2,3)12-6-4-11(5-7-12)13(17)10-15-8-9-16/h4-7,15-16H,8-10H2,1-3H3. The molecule has 0 atom stereocenters. The van der Waals surface area contributed by atoms with Gasteiger partial charge in [0, 0.05) is 12.1 Å². The zero-order valence-corrected chi connectivity index (χ0v) is 10.8. The Bertz CT molecular complexity index is 363. The van der Waals surface area contributed by atoms with Crippen molar-refractivity contribution in [3.63, 3.8) is 0 Å². The van der Waals surface area contributed by atoms with Crippen LogP contribution in [-0.4, -0.2) is 30.6 Å². The van der Waals surface area contributed by atoms with E-state index in [0.29, 0.717) is 12.1 Å². The first kappa shape index (κ1) is 13.9. The number of carbonyl (C=O) groups is 1. The zero-order chi connectivity index (χ0) is 12.9. The summed E-state index contributed by atoms with van der Waals surface area (Å²) in [5.41, 5.74) is 2.04. The maximum atomic E-state index is 11.7. The molecule has 3 nitrogen and oxygen atoms in total.